The number of aromatic amines is 1. The second-order valence-corrected chi connectivity index (χ2v) is 7.47. The van der Waals surface area contributed by atoms with Gasteiger partial charge in [-0.15, -0.1) is 11.3 Å². The van der Waals surface area contributed by atoms with Crippen LogP contribution in [-0.2, 0) is 11.2 Å². The van der Waals surface area contributed by atoms with Gasteiger partial charge in [-0.05, 0) is 38.2 Å². The van der Waals surface area contributed by atoms with Gasteiger partial charge in [-0.1, -0.05) is 0 Å². The van der Waals surface area contributed by atoms with Gasteiger partial charge in [0, 0.05) is 28.9 Å². The van der Waals surface area contributed by atoms with Crippen LogP contribution < -0.4 is 0 Å². The third-order valence-electron chi connectivity index (χ3n) is 3.36. The molecule has 1 N–H and O–H groups in total. The van der Waals surface area contributed by atoms with E-state index in [0.29, 0.717) is 6.42 Å². The SMILES string of the molecule is CSC1CCN(C(=O)Cc2sc(=S)[nH]c2C)CC1. The summed E-state index contributed by atoms with van der Waals surface area (Å²) in [7, 11) is 0. The Hall–Kier alpha value is -0.330. The molecule has 18 heavy (non-hydrogen) atoms. The fraction of sp³-hybridized carbons (Fsp3) is 0.667. The number of amides is 1. The van der Waals surface area contributed by atoms with Crippen LogP contribution in [0.15, 0.2) is 0 Å². The highest BCUT2D eigenvalue weighted by atomic mass is 32.2. The van der Waals surface area contributed by atoms with Crippen LogP contribution in [0.4, 0.5) is 0 Å². The number of rotatable bonds is 3. The molecule has 1 aromatic heterocycles. The summed E-state index contributed by atoms with van der Waals surface area (Å²) in [6.07, 6.45) is 4.88. The summed E-state index contributed by atoms with van der Waals surface area (Å²) < 4.78 is 0.761. The lowest BCUT2D eigenvalue weighted by Crippen LogP contribution is -2.40. The second kappa shape index (κ2) is 6.21. The molecule has 0 aliphatic carbocycles. The third-order valence-corrected chi connectivity index (χ3v) is 5.84. The first-order valence-electron chi connectivity index (χ1n) is 6.09. The van der Waals surface area contributed by atoms with Gasteiger partial charge in [-0.2, -0.15) is 11.8 Å². The number of carbonyl (C=O) groups is 1. The van der Waals surface area contributed by atoms with Crippen LogP contribution in [0.5, 0.6) is 0 Å². The predicted octanol–water partition coefficient (Wildman–Crippen LogP) is 3.01. The number of likely N-dealkylation sites (tertiary alicyclic amines) is 1. The Morgan fingerprint density at radius 2 is 2.22 bits per heavy atom. The smallest absolute Gasteiger partial charge is 0.227 e. The fourth-order valence-corrected chi connectivity index (χ4v) is 4.16. The maximum atomic E-state index is 12.2. The molecule has 100 valence electrons. The van der Waals surface area contributed by atoms with Gasteiger partial charge in [0.15, 0.2) is 3.95 Å². The van der Waals surface area contributed by atoms with Crippen LogP contribution in [0.2, 0.25) is 0 Å². The number of aromatic nitrogens is 1. The molecule has 6 heteroatoms. The maximum Gasteiger partial charge on any atom is 0.227 e. The molecule has 0 saturated carbocycles. The highest BCUT2D eigenvalue weighted by molar-refractivity contribution is 7.99. The van der Waals surface area contributed by atoms with Crippen LogP contribution in [0.25, 0.3) is 0 Å². The molecule has 2 heterocycles. The van der Waals surface area contributed by atoms with E-state index in [0.717, 1.165) is 45.7 Å². The average molecular weight is 302 g/mol. The van der Waals surface area contributed by atoms with E-state index >= 15 is 0 Å². The number of nitrogens with one attached hydrogen (secondary N) is 1. The van der Waals surface area contributed by atoms with E-state index in [2.05, 4.69) is 11.2 Å². The van der Waals surface area contributed by atoms with Crippen molar-refractivity contribution in [3.63, 3.8) is 0 Å². The number of piperidine rings is 1. The zero-order chi connectivity index (χ0) is 13.1. The van der Waals surface area contributed by atoms with Crippen molar-refractivity contribution in [2.75, 3.05) is 19.3 Å². The summed E-state index contributed by atoms with van der Waals surface area (Å²) in [5.74, 6) is 0.239. The quantitative estimate of drug-likeness (QED) is 0.872. The molecule has 0 aromatic carbocycles. The molecule has 1 saturated heterocycles. The number of thioether (sulfide) groups is 1. The molecule has 0 radical (unpaired) electrons. The topological polar surface area (TPSA) is 36.1 Å². The van der Waals surface area contributed by atoms with Gasteiger partial charge in [0.2, 0.25) is 5.91 Å². The highest BCUT2D eigenvalue weighted by Crippen LogP contribution is 2.22. The monoisotopic (exact) mass is 302 g/mol. The molecule has 0 bridgehead atoms. The van der Waals surface area contributed by atoms with E-state index < -0.39 is 0 Å². The second-order valence-electron chi connectivity index (χ2n) is 4.56. The van der Waals surface area contributed by atoms with Gasteiger partial charge >= 0.3 is 0 Å². The van der Waals surface area contributed by atoms with Crippen molar-refractivity contribution in [2.24, 2.45) is 0 Å². The van der Waals surface area contributed by atoms with Crippen LogP contribution in [0.1, 0.15) is 23.4 Å². The van der Waals surface area contributed by atoms with E-state index in [9.17, 15) is 4.79 Å². The Balaban J connectivity index is 1.93. The number of H-pyrrole nitrogens is 1. The molecule has 0 unspecified atom stereocenters. The van der Waals surface area contributed by atoms with E-state index in [4.69, 9.17) is 12.2 Å². The summed E-state index contributed by atoms with van der Waals surface area (Å²) in [6, 6.07) is 0. The van der Waals surface area contributed by atoms with Gasteiger partial charge in [0.1, 0.15) is 0 Å². The average Bonchev–Trinajstić information content (AvgIpc) is 2.68. The summed E-state index contributed by atoms with van der Waals surface area (Å²) in [5.41, 5.74) is 1.04. The molecular weight excluding hydrogens is 284 g/mol. The van der Waals surface area contributed by atoms with Gasteiger partial charge in [-0.3, -0.25) is 4.79 Å². The maximum absolute atomic E-state index is 12.2. The molecule has 0 spiro atoms. The minimum Gasteiger partial charge on any atom is -0.342 e. The minimum atomic E-state index is 0.239. The van der Waals surface area contributed by atoms with Crippen LogP contribution in [0, 0.1) is 10.9 Å². The molecule has 1 aliphatic heterocycles. The molecule has 1 amide bonds. The van der Waals surface area contributed by atoms with Crippen molar-refractivity contribution < 1.29 is 4.79 Å². The lowest BCUT2D eigenvalue weighted by Gasteiger charge is -2.31. The summed E-state index contributed by atoms with van der Waals surface area (Å²) in [6.45, 7) is 3.79. The van der Waals surface area contributed by atoms with Gasteiger partial charge in [-0.25, -0.2) is 0 Å². The van der Waals surface area contributed by atoms with Gasteiger partial charge < -0.3 is 9.88 Å². The Morgan fingerprint density at radius 1 is 1.56 bits per heavy atom. The van der Waals surface area contributed by atoms with Gasteiger partial charge in [0.25, 0.3) is 0 Å². The summed E-state index contributed by atoms with van der Waals surface area (Å²) in [5, 5.41) is 0.727. The van der Waals surface area contributed by atoms with Crippen molar-refractivity contribution in [3.8, 4) is 0 Å². The third kappa shape index (κ3) is 3.36. The molecule has 2 rings (SSSR count). The largest absolute Gasteiger partial charge is 0.342 e. The Labute approximate surface area is 121 Å². The summed E-state index contributed by atoms with van der Waals surface area (Å²) in [4.78, 5) is 18.4. The first-order valence-corrected chi connectivity index (χ1v) is 8.60. The fourth-order valence-electron chi connectivity index (χ4n) is 2.20. The molecule has 3 nitrogen and oxygen atoms in total. The van der Waals surface area contributed by atoms with E-state index in [1.807, 2.05) is 23.6 Å². The molecule has 1 fully saturated rings. The number of hydrogen-bond donors (Lipinski definition) is 1. The van der Waals surface area contributed by atoms with Crippen LogP contribution >= 0.6 is 35.3 Å². The number of thiazole rings is 1. The normalized spacial score (nSPS) is 17.1. The predicted molar refractivity (Wildman–Crippen MR) is 81.1 cm³/mol. The molecular formula is C12H18N2OS3. The Bertz CT molecular complexity index is 472. The molecule has 1 aromatic rings. The standard InChI is InChI=1S/C12H18N2OS3/c1-8-10(18-12(16)13-8)7-11(15)14-5-3-9(17-2)4-6-14/h9H,3-7H2,1-2H3,(H,13,16). The van der Waals surface area contributed by atoms with Crippen molar-refractivity contribution in [3.05, 3.63) is 14.5 Å². The number of aryl methyl sites for hydroxylation is 1. The summed E-state index contributed by atoms with van der Waals surface area (Å²) >= 11 is 8.53. The number of nitrogens with zero attached hydrogens (tertiary/aromatic N) is 1. The van der Waals surface area contributed by atoms with Crippen LogP contribution in [-0.4, -0.2) is 40.4 Å². The van der Waals surface area contributed by atoms with E-state index in [1.165, 1.54) is 11.3 Å². The van der Waals surface area contributed by atoms with Crippen molar-refractivity contribution >= 4 is 41.2 Å². The van der Waals surface area contributed by atoms with Crippen molar-refractivity contribution in [1.29, 1.82) is 0 Å². The minimum absolute atomic E-state index is 0.239. The number of hydrogen-bond acceptors (Lipinski definition) is 4. The van der Waals surface area contributed by atoms with Gasteiger partial charge in [0.05, 0.1) is 6.42 Å². The van der Waals surface area contributed by atoms with E-state index in [1.54, 1.807) is 0 Å². The molecule has 0 atom stereocenters. The van der Waals surface area contributed by atoms with Crippen LogP contribution in [0.3, 0.4) is 0 Å². The van der Waals surface area contributed by atoms with Crippen molar-refractivity contribution in [2.45, 2.75) is 31.4 Å². The first kappa shape index (κ1) is 14.1. The Morgan fingerprint density at radius 3 is 2.72 bits per heavy atom. The zero-order valence-corrected chi connectivity index (χ0v) is 13.1. The lowest BCUT2D eigenvalue weighted by molar-refractivity contribution is -0.131. The Kier molecular flexibility index (Phi) is 4.86. The first-order chi connectivity index (χ1) is 8.60. The van der Waals surface area contributed by atoms with E-state index in [-0.39, 0.29) is 5.91 Å². The number of carbonyl (C=O) groups excluding carboxylic acids is 1. The highest BCUT2D eigenvalue weighted by Gasteiger charge is 2.22. The molecule has 1 aliphatic rings. The van der Waals surface area contributed by atoms with Crippen molar-refractivity contribution in [1.82, 2.24) is 9.88 Å². The lowest BCUT2D eigenvalue weighted by atomic mass is 10.1. The zero-order valence-electron chi connectivity index (χ0n) is 10.7.